The van der Waals surface area contributed by atoms with Crippen LogP contribution in [0.5, 0.6) is 0 Å². The van der Waals surface area contributed by atoms with Crippen molar-refractivity contribution in [3.63, 3.8) is 0 Å². The van der Waals surface area contributed by atoms with Crippen molar-refractivity contribution in [2.75, 3.05) is 13.8 Å². The number of hydrogen-bond acceptors (Lipinski definition) is 5. The van der Waals surface area contributed by atoms with E-state index in [1.165, 1.54) is 18.9 Å². The fraction of sp³-hybridized carbons (Fsp3) is 0.231. The van der Waals surface area contributed by atoms with Crippen LogP contribution in [0, 0.1) is 0 Å². The van der Waals surface area contributed by atoms with Crippen molar-refractivity contribution in [3.05, 3.63) is 94.0 Å². The van der Waals surface area contributed by atoms with Gasteiger partial charge in [0.25, 0.3) is 5.91 Å². The van der Waals surface area contributed by atoms with Gasteiger partial charge in [-0.3, -0.25) is 4.79 Å². The minimum atomic E-state index is -4.96. The monoisotopic (exact) mass is 554 g/mol. The second-order valence-electron chi connectivity index (χ2n) is 8.26. The molecule has 5 nitrogen and oxygen atoms in total. The van der Waals surface area contributed by atoms with Crippen molar-refractivity contribution in [1.29, 1.82) is 0 Å². The number of nitrogens with zero attached hydrogens (tertiary/aromatic N) is 1. The van der Waals surface area contributed by atoms with Gasteiger partial charge in [-0.2, -0.15) is 26.3 Å². The summed E-state index contributed by atoms with van der Waals surface area (Å²) in [6.45, 7) is -0.548. The lowest BCUT2D eigenvalue weighted by Crippen LogP contribution is -2.25. The summed E-state index contributed by atoms with van der Waals surface area (Å²) in [7, 11) is 1.45. The molecule has 12 heteroatoms. The van der Waals surface area contributed by atoms with Gasteiger partial charge < -0.3 is 14.9 Å². The van der Waals surface area contributed by atoms with Crippen LogP contribution < -0.4 is 5.32 Å². The van der Waals surface area contributed by atoms with E-state index in [1.807, 2.05) is 12.1 Å². The molecule has 0 aromatic heterocycles. The number of hydrogen-bond donors (Lipinski definition) is 1. The summed E-state index contributed by atoms with van der Waals surface area (Å²) in [5.74, 6) is -0.315. The Bertz CT molecular complexity index is 1340. The maximum atomic E-state index is 13.2. The molecule has 0 fully saturated rings. The number of ether oxygens (including phenoxy) is 1. The van der Waals surface area contributed by atoms with E-state index in [9.17, 15) is 31.1 Å². The maximum absolute atomic E-state index is 13.2. The summed E-state index contributed by atoms with van der Waals surface area (Å²) in [5, 5.41) is 6.72. The molecule has 1 N–H and O–H groups in total. The molecule has 38 heavy (non-hydrogen) atoms. The van der Waals surface area contributed by atoms with E-state index in [4.69, 9.17) is 9.57 Å². The molecule has 1 heterocycles. The third-order valence-electron chi connectivity index (χ3n) is 5.54. The smallest absolute Gasteiger partial charge is 0.391 e. The number of fused-ring (bicyclic) bond motifs is 2. The van der Waals surface area contributed by atoms with Gasteiger partial charge in [0.05, 0.1) is 16.8 Å². The summed E-state index contributed by atoms with van der Waals surface area (Å²) in [6, 6.07) is 13.6. The molecule has 200 valence electrons. The van der Waals surface area contributed by atoms with Gasteiger partial charge in [0.1, 0.15) is 13.3 Å². The number of rotatable bonds is 6. The Kier molecular flexibility index (Phi) is 8.02. The number of oxime groups is 1. The number of carbonyl (C=O) groups is 1. The molecule has 4 rings (SSSR count). The van der Waals surface area contributed by atoms with Crippen molar-refractivity contribution >= 4 is 23.4 Å². The van der Waals surface area contributed by atoms with Crippen molar-refractivity contribution in [3.8, 4) is 0 Å². The van der Waals surface area contributed by atoms with Gasteiger partial charge in [-0.05, 0) is 47.5 Å². The first-order valence-electron chi connectivity index (χ1n) is 11.1. The number of alkyl halides is 6. The molecule has 1 aliphatic rings. The predicted octanol–water partition coefficient (Wildman–Crippen LogP) is 6.69. The van der Waals surface area contributed by atoms with Crippen LogP contribution in [0.2, 0.25) is 0 Å². The Balaban J connectivity index is 1.62. The van der Waals surface area contributed by atoms with Crippen molar-refractivity contribution < 1.29 is 40.7 Å². The van der Waals surface area contributed by atoms with Gasteiger partial charge in [0.2, 0.25) is 0 Å². The molecule has 0 aliphatic carbocycles. The Morgan fingerprint density at radius 1 is 0.947 bits per heavy atom. The molecular weight excluding hydrogens is 534 g/mol. The van der Waals surface area contributed by atoms with E-state index in [-0.39, 0.29) is 30.7 Å². The molecule has 0 spiro atoms. The van der Waals surface area contributed by atoms with E-state index in [0.29, 0.717) is 29.0 Å². The van der Waals surface area contributed by atoms with E-state index < -0.39 is 30.1 Å². The molecule has 0 atom stereocenters. The molecule has 0 bridgehead atoms. The molecular formula is C26H20F6N2O3S. The third-order valence-corrected chi connectivity index (χ3v) is 6.71. The first-order valence-corrected chi connectivity index (χ1v) is 11.9. The predicted molar refractivity (Wildman–Crippen MR) is 128 cm³/mol. The van der Waals surface area contributed by atoms with Crippen LogP contribution >= 0.6 is 11.8 Å². The summed E-state index contributed by atoms with van der Waals surface area (Å²) in [4.78, 5) is 19.2. The van der Waals surface area contributed by atoms with Crippen LogP contribution in [-0.2, 0) is 35.0 Å². The lowest BCUT2D eigenvalue weighted by atomic mass is 10.0. The highest BCUT2D eigenvalue weighted by Gasteiger charge is 2.37. The lowest BCUT2D eigenvalue weighted by Gasteiger charge is -2.14. The van der Waals surface area contributed by atoms with E-state index in [1.54, 1.807) is 30.3 Å². The van der Waals surface area contributed by atoms with Crippen LogP contribution in [0.15, 0.2) is 75.6 Å². The molecule has 0 radical (unpaired) electrons. The van der Waals surface area contributed by atoms with Crippen LogP contribution in [0.4, 0.5) is 26.3 Å². The molecule has 1 amide bonds. The minimum absolute atomic E-state index is 0.0520. The number of benzene rings is 3. The Hall–Kier alpha value is -3.51. The molecule has 0 unspecified atom stereocenters. The van der Waals surface area contributed by atoms with Crippen molar-refractivity contribution in [2.24, 2.45) is 5.16 Å². The van der Waals surface area contributed by atoms with E-state index in [0.717, 1.165) is 15.4 Å². The average molecular weight is 555 g/mol. The summed E-state index contributed by atoms with van der Waals surface area (Å²) in [6.07, 6.45) is -9.65. The summed E-state index contributed by atoms with van der Waals surface area (Å²) >= 11 is 1.40. The Morgan fingerprint density at radius 3 is 2.29 bits per heavy atom. The Labute approximate surface area is 217 Å². The quantitative estimate of drug-likeness (QED) is 0.210. The van der Waals surface area contributed by atoms with Gasteiger partial charge in [0, 0.05) is 34.4 Å². The number of nitrogens with one attached hydrogen (secondary N) is 1. The average Bonchev–Trinajstić information content (AvgIpc) is 3.02. The van der Waals surface area contributed by atoms with E-state index >= 15 is 0 Å². The lowest BCUT2D eigenvalue weighted by molar-refractivity contribution is -0.143. The highest BCUT2D eigenvalue weighted by Crippen LogP contribution is 2.39. The first kappa shape index (κ1) is 27.5. The first-order chi connectivity index (χ1) is 18.0. The van der Waals surface area contributed by atoms with Crippen molar-refractivity contribution in [2.45, 2.75) is 35.2 Å². The molecule has 0 saturated heterocycles. The van der Waals surface area contributed by atoms with Gasteiger partial charge in [-0.25, -0.2) is 0 Å². The topological polar surface area (TPSA) is 59.9 Å². The van der Waals surface area contributed by atoms with Gasteiger partial charge in [-0.15, -0.1) is 0 Å². The summed E-state index contributed by atoms with van der Waals surface area (Å²) in [5.41, 5.74) is -0.795. The van der Waals surface area contributed by atoms with Crippen LogP contribution in [0.3, 0.4) is 0 Å². The van der Waals surface area contributed by atoms with Crippen LogP contribution in [0.25, 0.3) is 0 Å². The van der Waals surface area contributed by atoms with Gasteiger partial charge >= 0.3 is 12.4 Å². The number of carbonyl (C=O) groups excluding carboxylic acids is 1. The zero-order valence-corrected chi connectivity index (χ0v) is 20.6. The number of methoxy groups -OCH3 is 1. The standard InChI is InChI=1S/C26H20F6N2O3S/c1-36-14-33-24(35)17-7-6-16-10-21(20-4-2-3-5-22(20)38-23(16)11-17)34-37-13-15-8-18(25(27,28)29)12-19(9-15)26(30,31)32/h2-9,11-12H,10,13-14H2,1H3,(H,33,35). The summed E-state index contributed by atoms with van der Waals surface area (Å²) < 4.78 is 83.9. The highest BCUT2D eigenvalue weighted by atomic mass is 32.2. The third kappa shape index (κ3) is 6.48. The number of halogens is 6. The zero-order chi connectivity index (χ0) is 27.5. The maximum Gasteiger partial charge on any atom is 0.416 e. The van der Waals surface area contributed by atoms with Crippen LogP contribution in [0.1, 0.15) is 38.2 Å². The van der Waals surface area contributed by atoms with Crippen LogP contribution in [-0.4, -0.2) is 25.5 Å². The van der Waals surface area contributed by atoms with Gasteiger partial charge in [0.15, 0.2) is 0 Å². The molecule has 3 aromatic rings. The highest BCUT2D eigenvalue weighted by molar-refractivity contribution is 7.99. The second-order valence-corrected chi connectivity index (χ2v) is 9.35. The molecule has 3 aromatic carbocycles. The number of amides is 1. The molecule has 0 saturated carbocycles. The molecule has 1 aliphatic heterocycles. The second kappa shape index (κ2) is 11.1. The Morgan fingerprint density at radius 2 is 1.63 bits per heavy atom. The SMILES string of the molecule is COCNC(=O)c1ccc2c(c1)Sc1ccccc1C(=NOCc1cc(C(F)(F)F)cc(C(F)(F)F)c1)C2. The fourth-order valence-corrected chi connectivity index (χ4v) is 4.87. The fourth-order valence-electron chi connectivity index (χ4n) is 3.73. The van der Waals surface area contributed by atoms with E-state index in [2.05, 4.69) is 10.5 Å². The minimum Gasteiger partial charge on any atom is -0.391 e. The zero-order valence-electron chi connectivity index (χ0n) is 19.7. The largest absolute Gasteiger partial charge is 0.416 e. The normalized spacial score (nSPS) is 14.4. The van der Waals surface area contributed by atoms with Gasteiger partial charge in [-0.1, -0.05) is 41.2 Å². The van der Waals surface area contributed by atoms with Crippen molar-refractivity contribution in [1.82, 2.24) is 5.32 Å².